The number of nitrogens with two attached hydrogens (primary N) is 1. The molecule has 5 N–H and O–H groups in total. The number of thioether (sulfide) groups is 1. The first-order chi connectivity index (χ1) is 17.4. The summed E-state index contributed by atoms with van der Waals surface area (Å²) in [6, 6.07) is 2.64. The Kier molecular flexibility index (Phi) is 7.93. The molecule has 0 bridgehead atoms. The van der Waals surface area contributed by atoms with E-state index in [0.29, 0.717) is 17.0 Å². The van der Waals surface area contributed by atoms with Crippen molar-refractivity contribution in [2.45, 2.75) is 18.0 Å². The summed E-state index contributed by atoms with van der Waals surface area (Å²) in [5.74, 6) is -2.60. The fraction of sp³-hybridized carbons (Fsp3) is 0.200. The summed E-state index contributed by atoms with van der Waals surface area (Å²) in [6.07, 6.45) is 6.69. The fourth-order valence-corrected chi connectivity index (χ4v) is 5.64. The van der Waals surface area contributed by atoms with Crippen LogP contribution in [-0.4, -0.2) is 109 Å². The zero-order valence-corrected chi connectivity index (χ0v) is 22.8. The molecule has 2 aliphatic heterocycles. The number of hydrogen-bond acceptors (Lipinski definition) is 12. The summed E-state index contributed by atoms with van der Waals surface area (Å²) in [6.45, 7) is 0.216. The van der Waals surface area contributed by atoms with Crippen LogP contribution in [0, 0.1) is 0 Å². The number of carboxylic acids is 1. The topological polar surface area (TPSA) is 202 Å². The van der Waals surface area contributed by atoms with Gasteiger partial charge in [-0.2, -0.15) is 9.36 Å². The van der Waals surface area contributed by atoms with Crippen molar-refractivity contribution in [2.24, 2.45) is 5.16 Å². The van der Waals surface area contributed by atoms with Crippen LogP contribution in [0.15, 0.2) is 53.5 Å². The number of nitrogens with one attached hydrogen (secondary N) is 1. The largest absolute Gasteiger partial charge is 0.477 e. The molecule has 0 aliphatic carbocycles. The van der Waals surface area contributed by atoms with E-state index in [4.69, 9.17) is 5.73 Å². The van der Waals surface area contributed by atoms with Crippen LogP contribution in [0.4, 0.5) is 5.13 Å². The van der Waals surface area contributed by atoms with Crippen molar-refractivity contribution in [1.82, 2.24) is 34.1 Å². The van der Waals surface area contributed by atoms with Crippen LogP contribution >= 0.6 is 23.3 Å². The van der Waals surface area contributed by atoms with Gasteiger partial charge >= 0.3 is 5.97 Å². The van der Waals surface area contributed by atoms with Gasteiger partial charge in [0.1, 0.15) is 17.1 Å². The molecule has 0 aromatic carbocycles. The van der Waals surface area contributed by atoms with E-state index >= 15 is 0 Å². The van der Waals surface area contributed by atoms with Gasteiger partial charge < -0.3 is 25.9 Å². The molecule has 1 unspecified atom stereocenters. The predicted octanol–water partition coefficient (Wildman–Crippen LogP) is -0.385. The number of β-lactam (4-membered cyclic amide) rings is 1. The SMILES string of the molecule is Nc1nc(/C(=N/O)C(=O)N[C@@H]2C(=O)N3C(C(=O)O)=C(Cn4cnc(-c5cccnc5)c4)CSC23)ns1.[Na]. The molecule has 1 saturated heterocycles. The van der Waals surface area contributed by atoms with E-state index in [9.17, 15) is 24.7 Å². The van der Waals surface area contributed by atoms with Gasteiger partial charge in [-0.05, 0) is 17.7 Å². The number of anilines is 1. The standard InChI is InChI=1S/C20H17N9O5S2.Na/c21-20-25-15(27-36-20)12(26-34)16(30)24-13-17(31)29-14(19(32)33)10(7-35-18(13)29)5-28-6-11(23-8-28)9-2-1-3-22-4-9;/h1-4,6,8,13,18,34H,5,7H2,(H,24,30)(H,32,33)(H2,21,25,27);/b26-12-;/t13-,18?;/m1./s1. The third kappa shape index (κ3) is 5.10. The number of nitrogens with zero attached hydrogens (tertiary/aromatic N) is 7. The predicted molar refractivity (Wildman–Crippen MR) is 134 cm³/mol. The monoisotopic (exact) mass is 550 g/mol. The Hall–Kier alpha value is -3.31. The Labute approximate surface area is 239 Å². The molecule has 17 heteroatoms. The van der Waals surface area contributed by atoms with Gasteiger partial charge in [0.15, 0.2) is 5.13 Å². The minimum Gasteiger partial charge on any atom is -0.477 e. The summed E-state index contributed by atoms with van der Waals surface area (Å²) in [5.41, 5.74) is 6.90. The molecule has 1 radical (unpaired) electrons. The third-order valence-electron chi connectivity index (χ3n) is 5.47. The Morgan fingerprint density at radius 3 is 2.81 bits per heavy atom. The number of carboxylic acid groups (broad SMARTS) is 1. The van der Waals surface area contributed by atoms with Crippen LogP contribution in [0.3, 0.4) is 0 Å². The van der Waals surface area contributed by atoms with Crippen LogP contribution in [0.1, 0.15) is 5.82 Å². The van der Waals surface area contributed by atoms with Crippen molar-refractivity contribution >= 4 is 81.5 Å². The average molecular weight is 551 g/mol. The summed E-state index contributed by atoms with van der Waals surface area (Å²) in [5, 5.41) is 24.0. The van der Waals surface area contributed by atoms with Crippen LogP contribution in [0.2, 0.25) is 0 Å². The van der Waals surface area contributed by atoms with Gasteiger partial charge in [-0.25, -0.2) is 9.78 Å². The van der Waals surface area contributed by atoms with Gasteiger partial charge in [0.05, 0.1) is 12.0 Å². The van der Waals surface area contributed by atoms with Crippen molar-refractivity contribution in [1.29, 1.82) is 0 Å². The molecule has 5 rings (SSSR count). The number of carbonyl (C=O) groups is 3. The maximum absolute atomic E-state index is 12.9. The first kappa shape index (κ1) is 26.7. The number of hydrogen-bond donors (Lipinski definition) is 4. The Morgan fingerprint density at radius 1 is 1.35 bits per heavy atom. The number of pyridine rings is 1. The number of oxime groups is 1. The first-order valence-corrected chi connectivity index (χ1v) is 12.1. The number of imidazole rings is 1. The van der Waals surface area contributed by atoms with Gasteiger partial charge in [-0.3, -0.25) is 19.5 Å². The molecule has 5 heterocycles. The van der Waals surface area contributed by atoms with E-state index in [1.54, 1.807) is 35.6 Å². The number of aliphatic carboxylic acids is 1. The second kappa shape index (κ2) is 11.0. The van der Waals surface area contributed by atoms with Crippen molar-refractivity contribution in [3.05, 3.63) is 54.1 Å². The smallest absolute Gasteiger partial charge is 0.352 e. The molecule has 2 amide bonds. The van der Waals surface area contributed by atoms with E-state index in [2.05, 4.69) is 29.8 Å². The number of aromatic nitrogens is 5. The molecule has 0 spiro atoms. The van der Waals surface area contributed by atoms with E-state index in [1.165, 1.54) is 11.8 Å². The molecule has 0 saturated carbocycles. The van der Waals surface area contributed by atoms with Gasteiger partial charge in [-0.15, -0.1) is 11.8 Å². The van der Waals surface area contributed by atoms with E-state index in [-0.39, 0.29) is 52.8 Å². The van der Waals surface area contributed by atoms with Gasteiger partial charge in [-0.1, -0.05) is 5.16 Å². The van der Waals surface area contributed by atoms with Crippen LogP contribution in [0.25, 0.3) is 11.3 Å². The molecule has 14 nitrogen and oxygen atoms in total. The molecular formula is C20H17N9NaO5S2. The van der Waals surface area contributed by atoms with Crippen LogP contribution in [0.5, 0.6) is 0 Å². The fourth-order valence-electron chi connectivity index (χ4n) is 3.87. The van der Waals surface area contributed by atoms with Crippen molar-refractivity contribution in [3.63, 3.8) is 0 Å². The average Bonchev–Trinajstić information content (AvgIpc) is 3.52. The summed E-state index contributed by atoms with van der Waals surface area (Å²) >= 11 is 2.12. The second-order valence-corrected chi connectivity index (χ2v) is 9.58. The number of nitrogen functional groups attached to an aromatic ring is 1. The summed E-state index contributed by atoms with van der Waals surface area (Å²) in [7, 11) is 0. The molecular weight excluding hydrogens is 533 g/mol. The van der Waals surface area contributed by atoms with Gasteiger partial charge in [0.25, 0.3) is 11.8 Å². The van der Waals surface area contributed by atoms with E-state index in [0.717, 1.165) is 22.0 Å². The molecule has 185 valence electrons. The zero-order chi connectivity index (χ0) is 25.4. The Bertz CT molecular complexity index is 1420. The van der Waals surface area contributed by atoms with Crippen molar-refractivity contribution in [3.8, 4) is 11.3 Å². The zero-order valence-electron chi connectivity index (χ0n) is 19.2. The number of rotatable bonds is 7. The van der Waals surface area contributed by atoms with Gasteiger partial charge in [0.2, 0.25) is 11.5 Å². The first-order valence-electron chi connectivity index (χ1n) is 10.3. The van der Waals surface area contributed by atoms with Crippen molar-refractivity contribution in [2.75, 3.05) is 11.5 Å². The quantitative estimate of drug-likeness (QED) is 0.0981. The Balaban J connectivity index is 0.00000320. The second-order valence-electron chi connectivity index (χ2n) is 7.70. The van der Waals surface area contributed by atoms with Gasteiger partial charge in [0, 0.05) is 77.5 Å². The summed E-state index contributed by atoms with van der Waals surface area (Å²) in [4.78, 5) is 51.0. The van der Waals surface area contributed by atoms with Crippen LogP contribution in [-0.2, 0) is 20.9 Å². The maximum atomic E-state index is 12.9. The molecule has 3 aromatic rings. The molecule has 2 aliphatic rings. The number of fused-ring (bicyclic) bond motifs is 1. The van der Waals surface area contributed by atoms with Crippen LogP contribution < -0.4 is 11.1 Å². The molecule has 37 heavy (non-hydrogen) atoms. The Morgan fingerprint density at radius 2 is 2.16 bits per heavy atom. The third-order valence-corrected chi connectivity index (χ3v) is 7.35. The van der Waals surface area contributed by atoms with E-state index in [1.807, 2.05) is 6.07 Å². The number of amides is 2. The number of carbonyl (C=O) groups excluding carboxylic acids is 2. The molecule has 2 atom stereocenters. The molecule has 3 aromatic heterocycles. The minimum absolute atomic E-state index is 0. The van der Waals surface area contributed by atoms with E-state index < -0.39 is 34.9 Å². The normalized spacial score (nSPS) is 19.1. The minimum atomic E-state index is -1.25. The summed E-state index contributed by atoms with van der Waals surface area (Å²) < 4.78 is 5.56. The van der Waals surface area contributed by atoms with Crippen molar-refractivity contribution < 1.29 is 24.7 Å². The maximum Gasteiger partial charge on any atom is 0.352 e. The molecule has 1 fully saturated rings.